The van der Waals surface area contributed by atoms with Crippen molar-refractivity contribution in [1.29, 1.82) is 0 Å². The van der Waals surface area contributed by atoms with Crippen molar-refractivity contribution >= 4 is 23.2 Å². The molecule has 1 N–H and O–H groups in total. The fraction of sp³-hybridized carbons (Fsp3) is 0.737. The van der Waals surface area contributed by atoms with Gasteiger partial charge in [-0.1, -0.05) is 19.3 Å². The summed E-state index contributed by atoms with van der Waals surface area (Å²) in [4.78, 5) is 2.77. The highest BCUT2D eigenvalue weighted by atomic mass is 32.2. The van der Waals surface area contributed by atoms with E-state index in [4.69, 9.17) is 5.10 Å². The Kier molecular flexibility index (Phi) is 4.52. The van der Waals surface area contributed by atoms with Crippen molar-refractivity contribution in [3.8, 4) is 0 Å². The number of nitrogens with one attached hydrogen (secondary N) is 1. The van der Waals surface area contributed by atoms with E-state index in [0.29, 0.717) is 11.5 Å². The number of nitrogens with zero attached hydrogens (tertiary/aromatic N) is 5. The lowest BCUT2D eigenvalue weighted by atomic mass is 9.80. The second-order valence-corrected chi connectivity index (χ2v) is 9.28. The minimum Gasteiger partial charge on any atom is -0.367 e. The Hall–Kier alpha value is -1.34. The van der Waals surface area contributed by atoms with Gasteiger partial charge in [0.1, 0.15) is 5.82 Å². The molecule has 0 atom stereocenters. The molecule has 6 nitrogen and oxygen atoms in total. The quantitative estimate of drug-likeness (QED) is 0.870. The molecule has 2 aliphatic carbocycles. The summed E-state index contributed by atoms with van der Waals surface area (Å²) >= 11 is 2.10. The van der Waals surface area contributed by atoms with Crippen LogP contribution in [0.4, 0.5) is 5.82 Å². The van der Waals surface area contributed by atoms with Crippen LogP contribution in [0.15, 0.2) is 12.1 Å². The molecule has 2 saturated carbocycles. The molecular weight excluding hydrogens is 344 g/mol. The second-order valence-electron chi connectivity index (χ2n) is 8.06. The van der Waals surface area contributed by atoms with Crippen molar-refractivity contribution in [2.24, 2.45) is 0 Å². The Bertz CT molecular complexity index is 758. The van der Waals surface area contributed by atoms with Gasteiger partial charge in [0, 0.05) is 42.6 Å². The Morgan fingerprint density at radius 3 is 2.65 bits per heavy atom. The fourth-order valence-corrected chi connectivity index (χ4v) is 5.51. The van der Waals surface area contributed by atoms with Crippen LogP contribution in [0.5, 0.6) is 0 Å². The van der Waals surface area contributed by atoms with Gasteiger partial charge in [0.25, 0.3) is 0 Å². The molecule has 0 spiro atoms. The predicted molar refractivity (Wildman–Crippen MR) is 106 cm³/mol. The van der Waals surface area contributed by atoms with Gasteiger partial charge in [-0.25, -0.2) is 0 Å². The first-order valence-corrected chi connectivity index (χ1v) is 11.3. The van der Waals surface area contributed by atoms with E-state index in [2.05, 4.69) is 38.2 Å². The number of fused-ring (bicyclic) bond motifs is 1. The van der Waals surface area contributed by atoms with Gasteiger partial charge in [-0.15, -0.1) is 15.3 Å². The molecule has 140 valence electrons. The van der Waals surface area contributed by atoms with Crippen molar-refractivity contribution in [1.82, 2.24) is 24.7 Å². The van der Waals surface area contributed by atoms with E-state index in [9.17, 15) is 0 Å². The average Bonchev–Trinajstić information content (AvgIpc) is 3.47. The summed E-state index contributed by atoms with van der Waals surface area (Å²) in [5, 5.41) is 17.1. The third-order valence-electron chi connectivity index (χ3n) is 6.29. The van der Waals surface area contributed by atoms with Gasteiger partial charge in [-0.3, -0.25) is 4.90 Å². The number of aromatic nitrogens is 4. The molecule has 2 aromatic rings. The van der Waals surface area contributed by atoms with Crippen molar-refractivity contribution in [2.45, 2.75) is 56.4 Å². The molecule has 26 heavy (non-hydrogen) atoms. The van der Waals surface area contributed by atoms with Crippen LogP contribution < -0.4 is 5.32 Å². The number of anilines is 1. The van der Waals surface area contributed by atoms with Crippen LogP contribution in [-0.4, -0.2) is 61.4 Å². The minimum absolute atomic E-state index is 0.308. The van der Waals surface area contributed by atoms with Gasteiger partial charge < -0.3 is 5.32 Å². The molecule has 0 bridgehead atoms. The van der Waals surface area contributed by atoms with Crippen LogP contribution in [-0.2, 0) is 0 Å². The van der Waals surface area contributed by atoms with E-state index in [1.54, 1.807) is 0 Å². The first kappa shape index (κ1) is 16.8. The van der Waals surface area contributed by atoms with Crippen molar-refractivity contribution in [3.63, 3.8) is 0 Å². The molecule has 7 heteroatoms. The maximum Gasteiger partial charge on any atom is 0.178 e. The molecule has 0 unspecified atom stereocenters. The van der Waals surface area contributed by atoms with E-state index in [0.717, 1.165) is 23.8 Å². The van der Waals surface area contributed by atoms with Crippen LogP contribution in [0.3, 0.4) is 0 Å². The van der Waals surface area contributed by atoms with Gasteiger partial charge in [-0.05, 0) is 37.8 Å². The first-order chi connectivity index (χ1) is 12.8. The van der Waals surface area contributed by atoms with Crippen molar-refractivity contribution in [3.05, 3.63) is 18.0 Å². The van der Waals surface area contributed by atoms with E-state index in [1.807, 2.05) is 10.6 Å². The number of hydrogen-bond donors (Lipinski definition) is 1. The fourth-order valence-electron chi connectivity index (χ4n) is 4.60. The molecule has 0 aromatic carbocycles. The Labute approximate surface area is 159 Å². The number of hydrogen-bond acceptors (Lipinski definition) is 6. The highest BCUT2D eigenvalue weighted by molar-refractivity contribution is 7.99. The summed E-state index contributed by atoms with van der Waals surface area (Å²) in [6.45, 7) is 3.46. The zero-order chi connectivity index (χ0) is 17.4. The Morgan fingerprint density at radius 1 is 1.08 bits per heavy atom. The van der Waals surface area contributed by atoms with E-state index in [-0.39, 0.29) is 0 Å². The molecule has 5 rings (SSSR count). The molecule has 1 aliphatic heterocycles. The molecule has 3 heterocycles. The van der Waals surface area contributed by atoms with E-state index >= 15 is 0 Å². The topological polar surface area (TPSA) is 58.4 Å². The smallest absolute Gasteiger partial charge is 0.178 e. The Morgan fingerprint density at radius 2 is 1.88 bits per heavy atom. The van der Waals surface area contributed by atoms with Crippen molar-refractivity contribution in [2.75, 3.05) is 36.5 Å². The predicted octanol–water partition coefficient (Wildman–Crippen LogP) is 3.17. The second kappa shape index (κ2) is 7.00. The summed E-state index contributed by atoms with van der Waals surface area (Å²) in [5.41, 5.74) is 1.17. The SMILES string of the molecule is c1cc2nnc(C3CC3)n2nc1NCC1(N2CCSCC2)CCCCC1. The molecular formula is C19H28N6S. The minimum atomic E-state index is 0.308. The first-order valence-electron chi connectivity index (χ1n) is 10.1. The van der Waals surface area contributed by atoms with Gasteiger partial charge >= 0.3 is 0 Å². The van der Waals surface area contributed by atoms with Crippen LogP contribution in [0.1, 0.15) is 56.7 Å². The zero-order valence-corrected chi connectivity index (χ0v) is 16.2. The van der Waals surface area contributed by atoms with Gasteiger partial charge in [0.05, 0.1) is 0 Å². The standard InChI is InChI=1S/C19H28N6S/c1-2-8-19(9-3-1,24-10-12-26-13-11-24)14-20-16-6-7-17-21-22-18(15-4-5-15)25(17)23-16/h6-7,15H,1-5,8-14H2,(H,20,23). The molecule has 3 fully saturated rings. The largest absolute Gasteiger partial charge is 0.367 e. The molecule has 0 radical (unpaired) electrons. The maximum absolute atomic E-state index is 4.81. The highest BCUT2D eigenvalue weighted by Crippen LogP contribution is 2.39. The lowest BCUT2D eigenvalue weighted by Crippen LogP contribution is -2.57. The maximum atomic E-state index is 4.81. The van der Waals surface area contributed by atoms with Gasteiger partial charge in [0.15, 0.2) is 11.5 Å². The number of rotatable bonds is 5. The van der Waals surface area contributed by atoms with E-state index in [1.165, 1.54) is 69.5 Å². The summed E-state index contributed by atoms with van der Waals surface area (Å²) < 4.78 is 1.95. The third-order valence-corrected chi connectivity index (χ3v) is 7.24. The normalized spacial score (nSPS) is 24.0. The molecule has 2 aromatic heterocycles. The van der Waals surface area contributed by atoms with Crippen molar-refractivity contribution < 1.29 is 0 Å². The van der Waals surface area contributed by atoms with Crippen LogP contribution in [0.25, 0.3) is 5.65 Å². The average molecular weight is 373 g/mol. The van der Waals surface area contributed by atoms with Crippen LogP contribution in [0.2, 0.25) is 0 Å². The summed E-state index contributed by atoms with van der Waals surface area (Å²) in [6.07, 6.45) is 9.16. The molecule has 0 amide bonds. The third kappa shape index (κ3) is 3.20. The Balaban J connectivity index is 1.35. The van der Waals surface area contributed by atoms with Crippen LogP contribution >= 0.6 is 11.8 Å². The summed E-state index contributed by atoms with van der Waals surface area (Å²) in [7, 11) is 0. The van der Waals surface area contributed by atoms with Gasteiger partial charge in [-0.2, -0.15) is 16.3 Å². The zero-order valence-electron chi connectivity index (χ0n) is 15.4. The lowest BCUT2D eigenvalue weighted by molar-refractivity contribution is 0.0706. The monoisotopic (exact) mass is 372 g/mol. The summed E-state index contributed by atoms with van der Waals surface area (Å²) in [6, 6.07) is 4.10. The van der Waals surface area contributed by atoms with E-state index < -0.39 is 0 Å². The summed E-state index contributed by atoms with van der Waals surface area (Å²) in [5.74, 6) is 5.09. The van der Waals surface area contributed by atoms with Gasteiger partial charge in [0.2, 0.25) is 0 Å². The molecule has 3 aliphatic rings. The van der Waals surface area contributed by atoms with Crippen LogP contribution in [0, 0.1) is 0 Å². The highest BCUT2D eigenvalue weighted by Gasteiger charge is 2.38. The molecule has 1 saturated heterocycles. The lowest BCUT2D eigenvalue weighted by Gasteiger charge is -2.48. The number of thioether (sulfide) groups is 1.